The molecule has 0 aliphatic rings. The number of hydrogen-bond donors (Lipinski definition) is 0. The number of halogens is 1. The average molecular weight is 380 g/mol. The van der Waals surface area contributed by atoms with E-state index >= 15 is 0 Å². The maximum atomic E-state index is 12.7. The van der Waals surface area contributed by atoms with Gasteiger partial charge in [-0.05, 0) is 30.3 Å². The van der Waals surface area contributed by atoms with Crippen molar-refractivity contribution in [2.24, 2.45) is 0 Å². The molecule has 2 aromatic rings. The SMILES string of the molecule is COc1cc(C(=O)N(C)CCOc2cccc(Cl)c2)cc(OC)c1OC. The minimum absolute atomic E-state index is 0.182. The number of carbonyl (C=O) groups excluding carboxylic acids is 1. The Hall–Kier alpha value is -2.60. The van der Waals surface area contributed by atoms with E-state index in [4.69, 9.17) is 30.5 Å². The molecule has 2 aromatic carbocycles. The summed E-state index contributed by atoms with van der Waals surface area (Å²) in [6.07, 6.45) is 0. The van der Waals surface area contributed by atoms with Gasteiger partial charge < -0.3 is 23.8 Å². The lowest BCUT2D eigenvalue weighted by atomic mass is 10.1. The Morgan fingerprint density at radius 2 is 1.69 bits per heavy atom. The maximum absolute atomic E-state index is 12.7. The van der Waals surface area contributed by atoms with Gasteiger partial charge in [0.15, 0.2) is 11.5 Å². The van der Waals surface area contributed by atoms with Gasteiger partial charge in [0, 0.05) is 17.6 Å². The molecule has 0 fully saturated rings. The zero-order valence-corrected chi connectivity index (χ0v) is 16.0. The summed E-state index contributed by atoms with van der Waals surface area (Å²) < 4.78 is 21.5. The summed E-state index contributed by atoms with van der Waals surface area (Å²) in [6.45, 7) is 0.745. The minimum Gasteiger partial charge on any atom is -0.493 e. The summed E-state index contributed by atoms with van der Waals surface area (Å²) >= 11 is 5.92. The van der Waals surface area contributed by atoms with Gasteiger partial charge in [0.2, 0.25) is 5.75 Å². The first-order valence-corrected chi connectivity index (χ1v) is 8.31. The van der Waals surface area contributed by atoms with Crippen molar-refractivity contribution in [3.63, 3.8) is 0 Å². The molecule has 0 spiro atoms. The van der Waals surface area contributed by atoms with E-state index in [0.29, 0.717) is 46.7 Å². The van der Waals surface area contributed by atoms with Crippen molar-refractivity contribution >= 4 is 17.5 Å². The van der Waals surface area contributed by atoms with E-state index in [1.54, 1.807) is 36.2 Å². The Morgan fingerprint density at radius 3 is 2.23 bits per heavy atom. The molecule has 0 aliphatic heterocycles. The zero-order valence-electron chi connectivity index (χ0n) is 15.2. The molecule has 0 radical (unpaired) electrons. The van der Waals surface area contributed by atoms with Crippen molar-refractivity contribution in [1.82, 2.24) is 4.90 Å². The third-order valence-electron chi connectivity index (χ3n) is 3.75. The lowest BCUT2D eigenvalue weighted by Crippen LogP contribution is -2.31. The average Bonchev–Trinajstić information content (AvgIpc) is 2.66. The Labute approximate surface area is 158 Å². The van der Waals surface area contributed by atoms with E-state index in [9.17, 15) is 4.79 Å². The van der Waals surface area contributed by atoms with Gasteiger partial charge in [-0.3, -0.25) is 4.79 Å². The molecule has 7 heteroatoms. The van der Waals surface area contributed by atoms with E-state index in [0.717, 1.165) is 0 Å². The number of amides is 1. The van der Waals surface area contributed by atoms with Gasteiger partial charge >= 0.3 is 0 Å². The Bertz CT molecular complexity index is 740. The van der Waals surface area contributed by atoms with Gasteiger partial charge in [-0.1, -0.05) is 17.7 Å². The first-order chi connectivity index (χ1) is 12.5. The molecule has 0 atom stereocenters. The highest BCUT2D eigenvalue weighted by Crippen LogP contribution is 2.38. The summed E-state index contributed by atoms with van der Waals surface area (Å²) in [7, 11) is 6.23. The van der Waals surface area contributed by atoms with Crippen LogP contribution in [-0.2, 0) is 0 Å². The van der Waals surface area contributed by atoms with Crippen LogP contribution in [0, 0.1) is 0 Å². The molecule has 0 saturated heterocycles. The first-order valence-electron chi connectivity index (χ1n) is 7.94. The maximum Gasteiger partial charge on any atom is 0.253 e. The number of benzene rings is 2. The number of rotatable bonds is 8. The van der Waals surface area contributed by atoms with Gasteiger partial charge in [0.25, 0.3) is 5.91 Å². The molecule has 1 amide bonds. The number of ether oxygens (including phenoxy) is 4. The molecule has 0 saturated carbocycles. The van der Waals surface area contributed by atoms with Crippen molar-refractivity contribution in [3.8, 4) is 23.0 Å². The molecule has 6 nitrogen and oxygen atoms in total. The molecule has 140 valence electrons. The van der Waals surface area contributed by atoms with Crippen LogP contribution in [0.25, 0.3) is 0 Å². The fourth-order valence-electron chi connectivity index (χ4n) is 2.38. The summed E-state index contributed by atoms with van der Waals surface area (Å²) in [5.74, 6) is 1.78. The standard InChI is InChI=1S/C19H22ClNO5/c1-21(8-9-26-15-7-5-6-14(20)12-15)19(22)13-10-16(23-2)18(25-4)17(11-13)24-3/h5-7,10-12H,8-9H2,1-4H3. The molecular formula is C19H22ClNO5. The smallest absolute Gasteiger partial charge is 0.253 e. The van der Waals surface area contributed by atoms with Crippen LogP contribution in [0.15, 0.2) is 36.4 Å². The highest BCUT2D eigenvalue weighted by Gasteiger charge is 2.19. The van der Waals surface area contributed by atoms with Crippen LogP contribution in [0.3, 0.4) is 0 Å². The second kappa shape index (κ2) is 9.20. The van der Waals surface area contributed by atoms with Gasteiger partial charge in [-0.15, -0.1) is 0 Å². The van der Waals surface area contributed by atoms with Crippen molar-refractivity contribution in [2.75, 3.05) is 41.5 Å². The van der Waals surface area contributed by atoms with Crippen molar-refractivity contribution in [1.29, 1.82) is 0 Å². The fourth-order valence-corrected chi connectivity index (χ4v) is 2.56. The van der Waals surface area contributed by atoms with E-state index < -0.39 is 0 Å². The van der Waals surface area contributed by atoms with Crippen molar-refractivity contribution in [2.45, 2.75) is 0 Å². The number of likely N-dealkylation sites (N-methyl/N-ethyl adjacent to an activating group) is 1. The monoisotopic (exact) mass is 379 g/mol. The third-order valence-corrected chi connectivity index (χ3v) is 3.98. The lowest BCUT2D eigenvalue weighted by molar-refractivity contribution is 0.0773. The number of methoxy groups -OCH3 is 3. The topological polar surface area (TPSA) is 57.2 Å². The summed E-state index contributed by atoms with van der Waals surface area (Å²) in [5, 5.41) is 0.601. The van der Waals surface area contributed by atoms with Crippen LogP contribution in [0.5, 0.6) is 23.0 Å². The molecule has 0 aliphatic carbocycles. The first kappa shape index (κ1) is 19.7. The zero-order chi connectivity index (χ0) is 19.1. The number of nitrogens with zero attached hydrogens (tertiary/aromatic N) is 1. The third kappa shape index (κ3) is 4.73. The van der Waals surface area contributed by atoms with E-state index in [1.807, 2.05) is 12.1 Å². The molecule has 0 unspecified atom stereocenters. The van der Waals surface area contributed by atoms with E-state index in [-0.39, 0.29) is 5.91 Å². The molecular weight excluding hydrogens is 358 g/mol. The van der Waals surface area contributed by atoms with Crippen molar-refractivity contribution in [3.05, 3.63) is 47.0 Å². The second-order valence-corrected chi connectivity index (χ2v) is 5.88. The van der Waals surface area contributed by atoms with E-state index in [2.05, 4.69) is 0 Å². The Morgan fingerprint density at radius 1 is 1.04 bits per heavy atom. The van der Waals surface area contributed by atoms with Crippen LogP contribution >= 0.6 is 11.6 Å². The quantitative estimate of drug-likeness (QED) is 0.702. The Kier molecular flexibility index (Phi) is 6.97. The molecule has 0 heterocycles. The summed E-state index contributed by atoms with van der Waals surface area (Å²) in [6, 6.07) is 10.4. The van der Waals surface area contributed by atoms with Gasteiger partial charge in [0.05, 0.1) is 27.9 Å². The van der Waals surface area contributed by atoms with Gasteiger partial charge in [-0.2, -0.15) is 0 Å². The second-order valence-electron chi connectivity index (χ2n) is 5.45. The minimum atomic E-state index is -0.182. The predicted molar refractivity (Wildman–Crippen MR) is 100 cm³/mol. The van der Waals surface area contributed by atoms with Gasteiger partial charge in [0.1, 0.15) is 12.4 Å². The molecule has 2 rings (SSSR count). The van der Waals surface area contributed by atoms with E-state index in [1.165, 1.54) is 21.3 Å². The molecule has 0 aromatic heterocycles. The van der Waals surface area contributed by atoms with Crippen LogP contribution in [0.4, 0.5) is 0 Å². The molecule has 0 bridgehead atoms. The lowest BCUT2D eigenvalue weighted by Gasteiger charge is -2.19. The predicted octanol–water partition coefficient (Wildman–Crippen LogP) is 3.52. The van der Waals surface area contributed by atoms with Crippen LogP contribution < -0.4 is 18.9 Å². The van der Waals surface area contributed by atoms with Crippen LogP contribution in [0.2, 0.25) is 5.02 Å². The number of carbonyl (C=O) groups is 1. The van der Waals surface area contributed by atoms with Crippen LogP contribution in [0.1, 0.15) is 10.4 Å². The highest BCUT2D eigenvalue weighted by atomic mass is 35.5. The van der Waals surface area contributed by atoms with Crippen molar-refractivity contribution < 1.29 is 23.7 Å². The Balaban J connectivity index is 2.05. The fraction of sp³-hybridized carbons (Fsp3) is 0.316. The molecule has 0 N–H and O–H groups in total. The van der Waals surface area contributed by atoms with Gasteiger partial charge in [-0.25, -0.2) is 0 Å². The normalized spacial score (nSPS) is 10.2. The molecule has 26 heavy (non-hydrogen) atoms. The number of hydrogen-bond acceptors (Lipinski definition) is 5. The summed E-state index contributed by atoms with van der Waals surface area (Å²) in [5.41, 5.74) is 0.435. The largest absolute Gasteiger partial charge is 0.493 e. The van der Waals surface area contributed by atoms with Crippen LogP contribution in [-0.4, -0.2) is 52.3 Å². The summed E-state index contributed by atoms with van der Waals surface area (Å²) in [4.78, 5) is 14.2. The highest BCUT2D eigenvalue weighted by molar-refractivity contribution is 6.30.